The average Bonchev–Trinajstić information content (AvgIpc) is 3.22. The second-order valence-corrected chi connectivity index (χ2v) is 8.88. The molecule has 0 spiro atoms. The first-order valence-corrected chi connectivity index (χ1v) is 9.94. The van der Waals surface area contributed by atoms with Crippen molar-refractivity contribution in [3.05, 3.63) is 64.9 Å². The number of hydrogen-bond donors (Lipinski definition) is 1. The molecule has 139 valence electrons. The summed E-state index contributed by atoms with van der Waals surface area (Å²) in [4.78, 5) is 0. The minimum Gasteiger partial charge on any atom is -0.392 e. The molecule has 0 saturated heterocycles. The fraction of sp³-hybridized carbons (Fsp3) is 0.318. The summed E-state index contributed by atoms with van der Waals surface area (Å²) >= 11 is 1.67. The van der Waals surface area contributed by atoms with Crippen molar-refractivity contribution in [3.63, 3.8) is 0 Å². The maximum atomic E-state index is 9.90. The molecule has 27 heavy (non-hydrogen) atoms. The van der Waals surface area contributed by atoms with Crippen molar-refractivity contribution in [2.24, 2.45) is 12.5 Å². The molecular weight excluding hydrogens is 354 g/mol. The Hall–Kier alpha value is -2.24. The van der Waals surface area contributed by atoms with E-state index in [1.54, 1.807) is 16.0 Å². The highest BCUT2D eigenvalue weighted by molar-refractivity contribution is 7.17. The van der Waals surface area contributed by atoms with Gasteiger partial charge in [0, 0.05) is 17.7 Å². The van der Waals surface area contributed by atoms with Gasteiger partial charge in [0.2, 0.25) is 0 Å². The van der Waals surface area contributed by atoms with Gasteiger partial charge in [-0.2, -0.15) is 0 Å². The van der Waals surface area contributed by atoms with Crippen molar-refractivity contribution < 1.29 is 5.11 Å². The van der Waals surface area contributed by atoms with Gasteiger partial charge in [0.15, 0.2) is 0 Å². The predicted octanol–water partition coefficient (Wildman–Crippen LogP) is 4.98. The van der Waals surface area contributed by atoms with Crippen molar-refractivity contribution in [2.75, 3.05) is 0 Å². The third kappa shape index (κ3) is 2.95. The third-order valence-corrected chi connectivity index (χ3v) is 6.33. The largest absolute Gasteiger partial charge is 0.392 e. The van der Waals surface area contributed by atoms with E-state index in [1.165, 1.54) is 16.5 Å². The Balaban J connectivity index is 1.97. The topological polar surface area (TPSA) is 50.9 Å². The minimum atomic E-state index is -0.239. The SMILES string of the molecule is [CH2]C(C)(C)[C@@H](c1cc(CO)c2sccc2c1)c1ccc2c(nnn2C)c1C. The van der Waals surface area contributed by atoms with E-state index in [-0.39, 0.29) is 17.9 Å². The van der Waals surface area contributed by atoms with Gasteiger partial charge in [-0.05, 0) is 70.5 Å². The summed E-state index contributed by atoms with van der Waals surface area (Å²) < 4.78 is 2.96. The Morgan fingerprint density at radius 3 is 2.74 bits per heavy atom. The van der Waals surface area contributed by atoms with Gasteiger partial charge in [-0.15, -0.1) is 16.4 Å². The molecule has 5 heteroatoms. The fourth-order valence-corrected chi connectivity index (χ4v) is 4.97. The lowest BCUT2D eigenvalue weighted by molar-refractivity contribution is 0.283. The molecule has 2 heterocycles. The van der Waals surface area contributed by atoms with Crippen molar-refractivity contribution in [1.29, 1.82) is 0 Å². The lowest BCUT2D eigenvalue weighted by Gasteiger charge is -2.33. The Morgan fingerprint density at radius 2 is 2.04 bits per heavy atom. The number of aliphatic hydroxyl groups is 1. The zero-order valence-corrected chi connectivity index (χ0v) is 17.0. The Kier molecular flexibility index (Phi) is 4.32. The van der Waals surface area contributed by atoms with Gasteiger partial charge in [-0.25, -0.2) is 4.68 Å². The lowest BCUT2D eigenvalue weighted by atomic mass is 9.71. The van der Waals surface area contributed by atoms with Crippen LogP contribution in [0.15, 0.2) is 35.7 Å². The van der Waals surface area contributed by atoms with Crippen LogP contribution in [-0.4, -0.2) is 20.1 Å². The van der Waals surface area contributed by atoms with E-state index < -0.39 is 0 Å². The lowest BCUT2D eigenvalue weighted by Crippen LogP contribution is -2.21. The van der Waals surface area contributed by atoms with Crippen LogP contribution in [0.2, 0.25) is 0 Å². The first-order valence-electron chi connectivity index (χ1n) is 9.06. The molecule has 0 fully saturated rings. The molecule has 4 aromatic rings. The molecule has 1 radical (unpaired) electrons. The molecule has 0 aliphatic carbocycles. The molecule has 0 amide bonds. The highest BCUT2D eigenvalue weighted by Crippen LogP contribution is 2.44. The van der Waals surface area contributed by atoms with Crippen LogP contribution in [0.25, 0.3) is 21.1 Å². The minimum absolute atomic E-state index is 0.0390. The van der Waals surface area contributed by atoms with Gasteiger partial charge >= 0.3 is 0 Å². The number of thiophene rings is 1. The molecule has 2 aromatic carbocycles. The Labute approximate surface area is 163 Å². The van der Waals surface area contributed by atoms with E-state index in [4.69, 9.17) is 0 Å². The second-order valence-electron chi connectivity index (χ2n) is 7.96. The predicted molar refractivity (Wildman–Crippen MR) is 112 cm³/mol. The molecule has 0 aliphatic heterocycles. The van der Waals surface area contributed by atoms with Crippen molar-refractivity contribution in [1.82, 2.24) is 15.0 Å². The maximum absolute atomic E-state index is 9.90. The van der Waals surface area contributed by atoms with Crippen LogP contribution >= 0.6 is 11.3 Å². The van der Waals surface area contributed by atoms with E-state index in [2.05, 4.69) is 73.7 Å². The molecular formula is C22H24N3OS. The van der Waals surface area contributed by atoms with Crippen LogP contribution in [0.5, 0.6) is 0 Å². The number of nitrogens with zero attached hydrogens (tertiary/aromatic N) is 3. The van der Waals surface area contributed by atoms with Crippen LogP contribution in [0.4, 0.5) is 0 Å². The summed E-state index contributed by atoms with van der Waals surface area (Å²) in [6, 6.07) is 10.8. The van der Waals surface area contributed by atoms with E-state index in [0.717, 1.165) is 26.9 Å². The molecule has 4 nitrogen and oxygen atoms in total. The number of aryl methyl sites for hydroxylation is 2. The first kappa shape index (κ1) is 18.1. The smallest absolute Gasteiger partial charge is 0.116 e. The van der Waals surface area contributed by atoms with Gasteiger partial charge in [-0.3, -0.25) is 0 Å². The Bertz CT molecular complexity index is 1130. The number of hydrogen-bond acceptors (Lipinski definition) is 4. The number of aliphatic hydroxyl groups excluding tert-OH is 1. The zero-order chi connectivity index (χ0) is 19.3. The van der Waals surface area contributed by atoms with E-state index in [9.17, 15) is 5.11 Å². The molecule has 1 atom stereocenters. The van der Waals surface area contributed by atoms with Crippen LogP contribution in [0.3, 0.4) is 0 Å². The molecule has 4 rings (SSSR count). The van der Waals surface area contributed by atoms with Gasteiger partial charge in [-0.1, -0.05) is 31.2 Å². The molecule has 1 N–H and O–H groups in total. The zero-order valence-electron chi connectivity index (χ0n) is 16.2. The summed E-state index contributed by atoms with van der Waals surface area (Å²) in [5, 5.41) is 21.7. The summed E-state index contributed by atoms with van der Waals surface area (Å²) in [5.41, 5.74) is 6.22. The van der Waals surface area contributed by atoms with Crippen molar-refractivity contribution in [3.8, 4) is 0 Å². The van der Waals surface area contributed by atoms with Gasteiger partial charge in [0.05, 0.1) is 12.1 Å². The van der Waals surface area contributed by atoms with Gasteiger partial charge in [0.1, 0.15) is 5.52 Å². The monoisotopic (exact) mass is 378 g/mol. The van der Waals surface area contributed by atoms with Crippen LogP contribution in [-0.2, 0) is 13.7 Å². The summed E-state index contributed by atoms with van der Waals surface area (Å²) in [5.74, 6) is 0.0820. The quantitative estimate of drug-likeness (QED) is 0.545. The number of aromatic nitrogens is 3. The molecule has 0 bridgehead atoms. The van der Waals surface area contributed by atoms with Crippen molar-refractivity contribution >= 4 is 32.5 Å². The maximum Gasteiger partial charge on any atom is 0.116 e. The van der Waals surface area contributed by atoms with Crippen LogP contribution < -0.4 is 0 Å². The highest BCUT2D eigenvalue weighted by atomic mass is 32.1. The summed E-state index contributed by atoms with van der Waals surface area (Å²) in [7, 11) is 1.91. The third-order valence-electron chi connectivity index (χ3n) is 5.33. The normalized spacial score (nSPS) is 13.6. The number of benzene rings is 2. The Morgan fingerprint density at radius 1 is 1.26 bits per heavy atom. The molecule has 0 aliphatic rings. The van der Waals surface area contributed by atoms with E-state index in [1.807, 2.05) is 7.05 Å². The summed E-state index contributed by atoms with van der Waals surface area (Å²) in [6.45, 7) is 10.9. The van der Waals surface area contributed by atoms with Gasteiger partial charge < -0.3 is 5.11 Å². The highest BCUT2D eigenvalue weighted by Gasteiger charge is 2.31. The molecule has 0 unspecified atom stereocenters. The molecule has 0 saturated carbocycles. The molecule has 2 aromatic heterocycles. The van der Waals surface area contributed by atoms with Crippen LogP contribution in [0, 0.1) is 19.3 Å². The summed E-state index contributed by atoms with van der Waals surface area (Å²) in [6.07, 6.45) is 0. The van der Waals surface area contributed by atoms with Crippen LogP contribution in [0.1, 0.15) is 42.0 Å². The van der Waals surface area contributed by atoms with Crippen molar-refractivity contribution in [2.45, 2.75) is 33.3 Å². The average molecular weight is 379 g/mol. The van der Waals surface area contributed by atoms with E-state index >= 15 is 0 Å². The standard InChI is InChI=1S/C22H24N3OS/c1-13-17(6-7-18-20(13)23-24-25(18)5)19(22(2,3)4)15-10-14-8-9-27-21(14)16(11-15)12-26/h6-11,19,26H,2,12H2,1,3-5H3/t19-/m0/s1. The number of rotatable bonds is 4. The second kappa shape index (κ2) is 6.43. The first-order chi connectivity index (χ1) is 12.8. The fourth-order valence-electron chi connectivity index (χ4n) is 4.08. The van der Waals surface area contributed by atoms with E-state index in [0.29, 0.717) is 0 Å². The van der Waals surface area contributed by atoms with Gasteiger partial charge in [0.25, 0.3) is 0 Å². The number of fused-ring (bicyclic) bond motifs is 2.